The number of aromatic nitrogens is 2. The Morgan fingerprint density at radius 2 is 1.72 bits per heavy atom. The summed E-state index contributed by atoms with van der Waals surface area (Å²) in [4.78, 5) is 15.7. The minimum absolute atomic E-state index is 0.300. The van der Waals surface area contributed by atoms with Gasteiger partial charge >= 0.3 is 0 Å². The molecular formula is C22H32N6O4. The van der Waals surface area contributed by atoms with Crippen LogP contribution in [0.4, 0.5) is 17.3 Å². The molecule has 174 valence electrons. The highest BCUT2D eigenvalue weighted by molar-refractivity contribution is 5.75. The van der Waals surface area contributed by atoms with Gasteiger partial charge in [0.2, 0.25) is 6.79 Å². The summed E-state index contributed by atoms with van der Waals surface area (Å²) >= 11 is 0. The van der Waals surface area contributed by atoms with Crippen molar-refractivity contribution in [2.45, 2.75) is 6.54 Å². The number of benzene rings is 1. The topological polar surface area (TPSA) is 98.4 Å². The van der Waals surface area contributed by atoms with Crippen LogP contribution in [0.2, 0.25) is 0 Å². The van der Waals surface area contributed by atoms with Crippen molar-refractivity contribution < 1.29 is 18.9 Å². The fourth-order valence-corrected chi connectivity index (χ4v) is 4.02. The number of nitrogen functional groups attached to an aromatic ring is 1. The third-order valence-corrected chi connectivity index (χ3v) is 5.79. The molecule has 10 heteroatoms. The number of nitrogens with two attached hydrogens (primary N) is 1. The van der Waals surface area contributed by atoms with Crippen LogP contribution in [0.15, 0.2) is 24.5 Å². The number of rotatable bonds is 10. The number of piperazine rings is 1. The lowest BCUT2D eigenvalue weighted by Gasteiger charge is -2.36. The average molecular weight is 445 g/mol. The molecule has 0 atom stereocenters. The molecule has 2 aromatic rings. The molecule has 1 aromatic heterocycles. The maximum atomic E-state index is 6.54. The number of ether oxygens (including phenoxy) is 4. The van der Waals surface area contributed by atoms with Crippen molar-refractivity contribution in [2.24, 2.45) is 0 Å². The summed E-state index contributed by atoms with van der Waals surface area (Å²) in [5.74, 6) is 3.16. The van der Waals surface area contributed by atoms with Crippen molar-refractivity contribution in [1.29, 1.82) is 0 Å². The first-order chi connectivity index (χ1) is 15.7. The second-order valence-corrected chi connectivity index (χ2v) is 7.86. The van der Waals surface area contributed by atoms with E-state index in [9.17, 15) is 0 Å². The largest absolute Gasteiger partial charge is 0.454 e. The van der Waals surface area contributed by atoms with Crippen molar-refractivity contribution >= 4 is 17.3 Å². The van der Waals surface area contributed by atoms with E-state index in [2.05, 4.69) is 36.8 Å². The lowest BCUT2D eigenvalue weighted by atomic mass is 10.1. The maximum Gasteiger partial charge on any atom is 0.231 e. The third-order valence-electron chi connectivity index (χ3n) is 5.79. The van der Waals surface area contributed by atoms with Crippen LogP contribution >= 0.6 is 0 Å². The third kappa shape index (κ3) is 5.14. The Bertz CT molecular complexity index is 883. The quantitative estimate of drug-likeness (QED) is 0.576. The minimum Gasteiger partial charge on any atom is -0.454 e. The number of nitrogens with zero attached hydrogens (tertiary/aromatic N) is 5. The van der Waals surface area contributed by atoms with Gasteiger partial charge in [0.05, 0.1) is 13.2 Å². The highest BCUT2D eigenvalue weighted by Crippen LogP contribution is 2.33. The molecule has 0 amide bonds. The second kappa shape index (κ2) is 10.7. The first-order valence-electron chi connectivity index (χ1n) is 10.9. The molecule has 2 aliphatic heterocycles. The van der Waals surface area contributed by atoms with Gasteiger partial charge in [0, 0.05) is 60.0 Å². The summed E-state index contributed by atoms with van der Waals surface area (Å²) in [5.41, 5.74) is 8.36. The van der Waals surface area contributed by atoms with E-state index in [0.717, 1.165) is 55.9 Å². The summed E-state index contributed by atoms with van der Waals surface area (Å²) < 4.78 is 21.4. The van der Waals surface area contributed by atoms with Crippen LogP contribution in [0.1, 0.15) is 5.56 Å². The van der Waals surface area contributed by atoms with Gasteiger partial charge in [-0.05, 0) is 17.7 Å². The Kier molecular flexibility index (Phi) is 7.46. The normalized spacial score (nSPS) is 15.9. The highest BCUT2D eigenvalue weighted by atomic mass is 16.7. The summed E-state index contributed by atoms with van der Waals surface area (Å²) in [7, 11) is 3.37. The molecular weight excluding hydrogens is 412 g/mol. The van der Waals surface area contributed by atoms with E-state index in [1.807, 2.05) is 6.07 Å². The summed E-state index contributed by atoms with van der Waals surface area (Å²) in [6.45, 7) is 7.25. The second-order valence-electron chi connectivity index (χ2n) is 7.86. The predicted molar refractivity (Wildman–Crippen MR) is 122 cm³/mol. The molecule has 0 bridgehead atoms. The SMILES string of the molecule is COCCN(CCOC)c1ncnc(N2CCN(Cc3ccc4c(c3)OCO4)CC2)c1N. The number of methoxy groups -OCH3 is 2. The van der Waals surface area contributed by atoms with Crippen molar-refractivity contribution in [1.82, 2.24) is 14.9 Å². The van der Waals surface area contributed by atoms with Gasteiger partial charge in [0.25, 0.3) is 0 Å². The molecule has 4 rings (SSSR count). The fourth-order valence-electron chi connectivity index (χ4n) is 4.02. The van der Waals surface area contributed by atoms with E-state index < -0.39 is 0 Å². The van der Waals surface area contributed by atoms with Crippen LogP contribution in [0.25, 0.3) is 0 Å². The predicted octanol–water partition coefficient (Wildman–Crippen LogP) is 1.21. The zero-order chi connectivity index (χ0) is 22.3. The average Bonchev–Trinajstić information content (AvgIpc) is 3.28. The van der Waals surface area contributed by atoms with Crippen LogP contribution in [0.5, 0.6) is 11.5 Å². The number of hydrogen-bond acceptors (Lipinski definition) is 10. The molecule has 0 spiro atoms. The summed E-state index contributed by atoms with van der Waals surface area (Å²) in [6.07, 6.45) is 1.59. The van der Waals surface area contributed by atoms with Crippen LogP contribution in [-0.4, -0.2) is 88.4 Å². The first kappa shape index (κ1) is 22.4. The van der Waals surface area contributed by atoms with Gasteiger partial charge in [-0.2, -0.15) is 0 Å². The Labute approximate surface area is 188 Å². The molecule has 0 radical (unpaired) electrons. The van der Waals surface area contributed by atoms with Crippen LogP contribution in [0, 0.1) is 0 Å². The Hall–Kier alpha value is -2.82. The lowest BCUT2D eigenvalue weighted by molar-refractivity contribution is 0.174. The fraction of sp³-hybridized carbons (Fsp3) is 0.545. The maximum absolute atomic E-state index is 6.54. The standard InChI is InChI=1S/C22H32N6O4/c1-29-11-9-28(10-12-30-2)22-20(23)21(24-15-25-22)27-7-5-26(6-8-27)14-17-3-4-18-19(13-17)32-16-31-18/h3-4,13,15H,5-12,14,16,23H2,1-2H3. The van der Waals surface area contributed by atoms with Crippen molar-refractivity contribution in [2.75, 3.05) is 89.0 Å². The molecule has 1 aromatic carbocycles. The van der Waals surface area contributed by atoms with E-state index in [4.69, 9.17) is 24.7 Å². The van der Waals surface area contributed by atoms with E-state index in [1.165, 1.54) is 5.56 Å². The first-order valence-corrected chi connectivity index (χ1v) is 10.9. The van der Waals surface area contributed by atoms with Crippen molar-refractivity contribution in [3.63, 3.8) is 0 Å². The lowest BCUT2D eigenvalue weighted by Crippen LogP contribution is -2.46. The molecule has 0 saturated carbocycles. The van der Waals surface area contributed by atoms with Crippen LogP contribution in [-0.2, 0) is 16.0 Å². The monoisotopic (exact) mass is 444 g/mol. The molecule has 0 unspecified atom stereocenters. The van der Waals surface area contributed by atoms with Gasteiger partial charge < -0.3 is 34.5 Å². The molecule has 1 fully saturated rings. The molecule has 10 nitrogen and oxygen atoms in total. The van der Waals surface area contributed by atoms with E-state index >= 15 is 0 Å². The molecule has 2 N–H and O–H groups in total. The van der Waals surface area contributed by atoms with Gasteiger partial charge in [-0.3, -0.25) is 4.90 Å². The van der Waals surface area contributed by atoms with E-state index in [0.29, 0.717) is 38.8 Å². The van der Waals surface area contributed by atoms with Gasteiger partial charge in [-0.1, -0.05) is 6.07 Å². The molecule has 32 heavy (non-hydrogen) atoms. The smallest absolute Gasteiger partial charge is 0.231 e. The minimum atomic E-state index is 0.300. The zero-order valence-electron chi connectivity index (χ0n) is 18.8. The van der Waals surface area contributed by atoms with Gasteiger partial charge in [-0.25, -0.2) is 9.97 Å². The highest BCUT2D eigenvalue weighted by Gasteiger charge is 2.23. The zero-order valence-corrected chi connectivity index (χ0v) is 18.8. The molecule has 3 heterocycles. The van der Waals surface area contributed by atoms with Crippen LogP contribution in [0.3, 0.4) is 0 Å². The van der Waals surface area contributed by atoms with Gasteiger partial charge in [-0.15, -0.1) is 0 Å². The summed E-state index contributed by atoms with van der Waals surface area (Å²) in [5, 5.41) is 0. The Morgan fingerprint density at radius 1 is 1.00 bits per heavy atom. The molecule has 2 aliphatic rings. The number of fused-ring (bicyclic) bond motifs is 1. The van der Waals surface area contributed by atoms with Gasteiger partial charge in [0.15, 0.2) is 23.1 Å². The Balaban J connectivity index is 1.39. The van der Waals surface area contributed by atoms with Crippen molar-refractivity contribution in [3.05, 3.63) is 30.1 Å². The number of anilines is 3. The van der Waals surface area contributed by atoms with E-state index in [-0.39, 0.29) is 0 Å². The molecule has 0 aliphatic carbocycles. The molecule has 1 saturated heterocycles. The van der Waals surface area contributed by atoms with Crippen LogP contribution < -0.4 is 25.0 Å². The van der Waals surface area contributed by atoms with Gasteiger partial charge in [0.1, 0.15) is 12.0 Å². The van der Waals surface area contributed by atoms with E-state index in [1.54, 1.807) is 20.5 Å². The number of hydrogen-bond donors (Lipinski definition) is 1. The Morgan fingerprint density at radius 3 is 2.44 bits per heavy atom. The summed E-state index contributed by atoms with van der Waals surface area (Å²) in [6, 6.07) is 6.15. The van der Waals surface area contributed by atoms with Crippen molar-refractivity contribution in [3.8, 4) is 11.5 Å².